The summed E-state index contributed by atoms with van der Waals surface area (Å²) in [6.45, 7) is 2.85. The third-order valence-electron chi connectivity index (χ3n) is 3.00. The zero-order valence-electron chi connectivity index (χ0n) is 10.6. The molecule has 6 heteroatoms. The van der Waals surface area contributed by atoms with Gasteiger partial charge in [-0.2, -0.15) is 0 Å². The average Bonchev–Trinajstić information content (AvgIpc) is 2.41. The molecule has 1 aliphatic heterocycles. The second-order valence-electron chi connectivity index (χ2n) is 4.30. The van der Waals surface area contributed by atoms with E-state index in [9.17, 15) is 9.59 Å². The molecule has 1 saturated heterocycles. The zero-order chi connectivity index (χ0) is 13.8. The van der Waals surface area contributed by atoms with Crippen LogP contribution in [0.2, 0.25) is 5.02 Å². The highest BCUT2D eigenvalue weighted by atomic mass is 35.5. The molecule has 0 bridgehead atoms. The highest BCUT2D eigenvalue weighted by molar-refractivity contribution is 8.00. The van der Waals surface area contributed by atoms with Crippen LogP contribution in [0.5, 0.6) is 0 Å². The van der Waals surface area contributed by atoms with Gasteiger partial charge in [0.25, 0.3) is 0 Å². The molecular formula is C13H15ClN2O2S. The Morgan fingerprint density at radius 1 is 1.47 bits per heavy atom. The standard InChI is InChI=1S/C13H15ClN2O2S/c1-9-13(18)15-6-7-16(9)12(17)8-19-11-4-2-10(14)3-5-11/h2-5,9H,6-8H2,1H3,(H,15,18)/t9-/m1/s1. The minimum atomic E-state index is -0.382. The van der Waals surface area contributed by atoms with E-state index in [0.29, 0.717) is 23.9 Å². The Labute approximate surface area is 121 Å². The summed E-state index contributed by atoms with van der Waals surface area (Å²) in [4.78, 5) is 26.2. The van der Waals surface area contributed by atoms with Crippen molar-refractivity contribution >= 4 is 35.2 Å². The first-order valence-electron chi connectivity index (χ1n) is 6.03. The third-order valence-corrected chi connectivity index (χ3v) is 4.24. The van der Waals surface area contributed by atoms with Crippen LogP contribution in [-0.2, 0) is 9.59 Å². The third kappa shape index (κ3) is 3.64. The lowest BCUT2D eigenvalue weighted by Crippen LogP contribution is -2.56. The average molecular weight is 299 g/mol. The summed E-state index contributed by atoms with van der Waals surface area (Å²) < 4.78 is 0. The van der Waals surface area contributed by atoms with Crippen molar-refractivity contribution in [2.45, 2.75) is 17.9 Å². The van der Waals surface area contributed by atoms with Gasteiger partial charge in [0, 0.05) is 23.0 Å². The number of carbonyl (C=O) groups is 2. The van der Waals surface area contributed by atoms with Crippen molar-refractivity contribution in [3.8, 4) is 0 Å². The van der Waals surface area contributed by atoms with Gasteiger partial charge in [-0.25, -0.2) is 0 Å². The molecule has 1 heterocycles. The van der Waals surface area contributed by atoms with Crippen LogP contribution in [0.15, 0.2) is 29.2 Å². The van der Waals surface area contributed by atoms with E-state index in [2.05, 4.69) is 5.32 Å². The summed E-state index contributed by atoms with van der Waals surface area (Å²) in [5.41, 5.74) is 0. The Morgan fingerprint density at radius 3 is 2.84 bits per heavy atom. The topological polar surface area (TPSA) is 49.4 Å². The van der Waals surface area contributed by atoms with E-state index in [4.69, 9.17) is 11.6 Å². The van der Waals surface area contributed by atoms with Crippen LogP contribution in [0, 0.1) is 0 Å². The molecule has 102 valence electrons. The van der Waals surface area contributed by atoms with Gasteiger partial charge in [0.15, 0.2) is 0 Å². The number of thioether (sulfide) groups is 1. The molecule has 2 amide bonds. The molecule has 0 unspecified atom stereocenters. The summed E-state index contributed by atoms with van der Waals surface area (Å²) in [6.07, 6.45) is 0. The van der Waals surface area contributed by atoms with Crippen LogP contribution in [0.25, 0.3) is 0 Å². The number of hydrogen-bond acceptors (Lipinski definition) is 3. The lowest BCUT2D eigenvalue weighted by atomic mass is 10.2. The smallest absolute Gasteiger partial charge is 0.242 e. The fraction of sp³-hybridized carbons (Fsp3) is 0.385. The maximum Gasteiger partial charge on any atom is 0.242 e. The summed E-state index contributed by atoms with van der Waals surface area (Å²) in [7, 11) is 0. The molecule has 4 nitrogen and oxygen atoms in total. The predicted molar refractivity (Wildman–Crippen MR) is 76.4 cm³/mol. The molecule has 0 aromatic heterocycles. The van der Waals surface area contributed by atoms with Gasteiger partial charge in [-0.15, -0.1) is 11.8 Å². The molecule has 2 rings (SSSR count). The molecule has 19 heavy (non-hydrogen) atoms. The van der Waals surface area contributed by atoms with Crippen molar-refractivity contribution < 1.29 is 9.59 Å². The summed E-state index contributed by atoms with van der Waals surface area (Å²) in [6, 6.07) is 6.97. The fourth-order valence-corrected chi connectivity index (χ4v) is 2.79. The van der Waals surface area contributed by atoms with E-state index in [1.54, 1.807) is 24.0 Å². The maximum absolute atomic E-state index is 12.1. The van der Waals surface area contributed by atoms with Gasteiger partial charge >= 0.3 is 0 Å². The number of piperazine rings is 1. The molecule has 1 atom stereocenters. The SMILES string of the molecule is C[C@@H]1C(=O)NCCN1C(=O)CSc1ccc(Cl)cc1. The first-order chi connectivity index (χ1) is 9.08. The predicted octanol–water partition coefficient (Wildman–Crippen LogP) is 1.78. The fourth-order valence-electron chi connectivity index (χ4n) is 1.88. The second kappa shape index (κ2) is 6.30. The number of halogens is 1. The lowest BCUT2D eigenvalue weighted by molar-refractivity contribution is -0.140. The van der Waals surface area contributed by atoms with Gasteiger partial charge in [-0.3, -0.25) is 9.59 Å². The van der Waals surface area contributed by atoms with E-state index in [1.165, 1.54) is 11.8 Å². The first kappa shape index (κ1) is 14.2. The molecule has 0 radical (unpaired) electrons. The Morgan fingerprint density at radius 2 is 2.16 bits per heavy atom. The van der Waals surface area contributed by atoms with Gasteiger partial charge < -0.3 is 10.2 Å². The Kier molecular flexibility index (Phi) is 4.71. The Bertz CT molecular complexity index is 478. The monoisotopic (exact) mass is 298 g/mol. The summed E-state index contributed by atoms with van der Waals surface area (Å²) >= 11 is 7.26. The Hall–Kier alpha value is -1.20. The summed E-state index contributed by atoms with van der Waals surface area (Å²) in [5, 5.41) is 3.42. The number of carbonyl (C=O) groups excluding carboxylic acids is 2. The van der Waals surface area contributed by atoms with Crippen LogP contribution in [-0.4, -0.2) is 41.6 Å². The van der Waals surface area contributed by atoms with E-state index < -0.39 is 0 Å². The van der Waals surface area contributed by atoms with Crippen LogP contribution < -0.4 is 5.32 Å². The minimum absolute atomic E-state index is 0.0118. The normalized spacial score (nSPS) is 19.2. The number of nitrogens with one attached hydrogen (secondary N) is 1. The maximum atomic E-state index is 12.1. The van der Waals surface area contributed by atoms with E-state index in [-0.39, 0.29) is 17.9 Å². The van der Waals surface area contributed by atoms with Crippen LogP contribution in [0.4, 0.5) is 0 Å². The van der Waals surface area contributed by atoms with Crippen molar-refractivity contribution in [2.24, 2.45) is 0 Å². The largest absolute Gasteiger partial charge is 0.353 e. The molecule has 0 aliphatic carbocycles. The van der Waals surface area contributed by atoms with Crippen molar-refractivity contribution in [1.29, 1.82) is 0 Å². The van der Waals surface area contributed by atoms with E-state index in [0.717, 1.165) is 4.90 Å². The molecule has 1 aliphatic rings. The lowest BCUT2D eigenvalue weighted by Gasteiger charge is -2.32. The molecule has 1 N–H and O–H groups in total. The van der Waals surface area contributed by atoms with Gasteiger partial charge in [0.1, 0.15) is 6.04 Å². The number of benzene rings is 1. The van der Waals surface area contributed by atoms with Gasteiger partial charge in [0.05, 0.1) is 5.75 Å². The highest BCUT2D eigenvalue weighted by Gasteiger charge is 2.28. The van der Waals surface area contributed by atoms with Crippen LogP contribution in [0.1, 0.15) is 6.92 Å². The van der Waals surface area contributed by atoms with Crippen molar-refractivity contribution in [2.75, 3.05) is 18.8 Å². The number of hydrogen-bond donors (Lipinski definition) is 1. The van der Waals surface area contributed by atoms with Crippen molar-refractivity contribution in [3.05, 3.63) is 29.3 Å². The number of amides is 2. The molecular weight excluding hydrogens is 284 g/mol. The molecule has 1 aromatic carbocycles. The summed E-state index contributed by atoms with van der Waals surface area (Å²) in [5.74, 6) is 0.234. The van der Waals surface area contributed by atoms with Crippen LogP contribution >= 0.6 is 23.4 Å². The molecule has 0 saturated carbocycles. The van der Waals surface area contributed by atoms with Gasteiger partial charge in [-0.1, -0.05) is 11.6 Å². The van der Waals surface area contributed by atoms with Gasteiger partial charge in [0.2, 0.25) is 11.8 Å². The van der Waals surface area contributed by atoms with E-state index in [1.807, 2.05) is 12.1 Å². The molecule has 0 spiro atoms. The zero-order valence-corrected chi connectivity index (χ0v) is 12.1. The quantitative estimate of drug-likeness (QED) is 0.866. The molecule has 1 aromatic rings. The molecule has 1 fully saturated rings. The Balaban J connectivity index is 1.90. The second-order valence-corrected chi connectivity index (χ2v) is 5.78. The highest BCUT2D eigenvalue weighted by Crippen LogP contribution is 2.21. The van der Waals surface area contributed by atoms with Crippen molar-refractivity contribution in [1.82, 2.24) is 10.2 Å². The number of rotatable bonds is 3. The van der Waals surface area contributed by atoms with Gasteiger partial charge in [-0.05, 0) is 31.2 Å². The first-order valence-corrected chi connectivity index (χ1v) is 7.40. The van der Waals surface area contributed by atoms with Crippen LogP contribution in [0.3, 0.4) is 0 Å². The minimum Gasteiger partial charge on any atom is -0.353 e. The number of nitrogens with zero attached hydrogens (tertiary/aromatic N) is 1. The van der Waals surface area contributed by atoms with Crippen molar-refractivity contribution in [3.63, 3.8) is 0 Å². The van der Waals surface area contributed by atoms with E-state index >= 15 is 0 Å².